The van der Waals surface area contributed by atoms with Crippen molar-refractivity contribution < 1.29 is 5.11 Å². The summed E-state index contributed by atoms with van der Waals surface area (Å²) >= 11 is 3.37. The lowest BCUT2D eigenvalue weighted by atomic mass is 10.3. The standard InChI is InChI=1S/C15H21N3OS2/c19-14(9-18-4-1-2-5-18)8-16-7-13-11-21-15(17-13)12-3-6-20-10-12/h3,6,10-11,14,16,19H,1-2,4-5,7-9H2. The van der Waals surface area contributed by atoms with Gasteiger partial charge in [0.25, 0.3) is 0 Å². The Hall–Kier alpha value is -0.790. The topological polar surface area (TPSA) is 48.4 Å². The summed E-state index contributed by atoms with van der Waals surface area (Å²) in [6, 6.07) is 2.10. The average Bonchev–Trinajstić information content (AvgIpc) is 3.21. The summed E-state index contributed by atoms with van der Waals surface area (Å²) in [5.74, 6) is 0. The van der Waals surface area contributed by atoms with E-state index in [0.717, 1.165) is 36.9 Å². The third-order valence-corrected chi connectivity index (χ3v) is 5.30. The molecule has 6 heteroatoms. The molecule has 4 nitrogen and oxygen atoms in total. The number of hydrogen-bond acceptors (Lipinski definition) is 6. The van der Waals surface area contributed by atoms with Gasteiger partial charge in [0.1, 0.15) is 5.01 Å². The van der Waals surface area contributed by atoms with Crippen LogP contribution in [0.15, 0.2) is 22.2 Å². The van der Waals surface area contributed by atoms with Crippen LogP contribution in [0.5, 0.6) is 0 Å². The predicted molar refractivity (Wildman–Crippen MR) is 88.8 cm³/mol. The van der Waals surface area contributed by atoms with E-state index in [-0.39, 0.29) is 6.10 Å². The fourth-order valence-corrected chi connectivity index (χ4v) is 4.13. The van der Waals surface area contributed by atoms with Crippen LogP contribution in [-0.2, 0) is 6.54 Å². The Balaban J connectivity index is 1.41. The van der Waals surface area contributed by atoms with E-state index in [4.69, 9.17) is 0 Å². The van der Waals surface area contributed by atoms with E-state index < -0.39 is 0 Å². The zero-order valence-corrected chi connectivity index (χ0v) is 13.6. The monoisotopic (exact) mass is 323 g/mol. The van der Waals surface area contributed by atoms with Gasteiger partial charge in [0.2, 0.25) is 0 Å². The summed E-state index contributed by atoms with van der Waals surface area (Å²) in [7, 11) is 0. The first kappa shape index (κ1) is 15.1. The van der Waals surface area contributed by atoms with Crippen molar-refractivity contribution in [2.45, 2.75) is 25.5 Å². The Labute approximate surface area is 133 Å². The van der Waals surface area contributed by atoms with Crippen LogP contribution in [0.2, 0.25) is 0 Å². The molecule has 3 rings (SSSR count). The van der Waals surface area contributed by atoms with Crippen molar-refractivity contribution in [3.8, 4) is 10.6 Å². The minimum atomic E-state index is -0.293. The van der Waals surface area contributed by atoms with Crippen LogP contribution in [-0.4, -0.2) is 47.3 Å². The molecule has 0 aromatic carbocycles. The van der Waals surface area contributed by atoms with Gasteiger partial charge in [-0.25, -0.2) is 4.98 Å². The zero-order chi connectivity index (χ0) is 14.5. The largest absolute Gasteiger partial charge is 0.390 e. The molecule has 2 aromatic heterocycles. The van der Waals surface area contributed by atoms with Crippen molar-refractivity contribution in [2.24, 2.45) is 0 Å². The molecular formula is C15H21N3OS2. The molecule has 1 unspecified atom stereocenters. The zero-order valence-electron chi connectivity index (χ0n) is 12.0. The maximum absolute atomic E-state index is 10.0. The third-order valence-electron chi connectivity index (χ3n) is 3.67. The lowest BCUT2D eigenvalue weighted by Crippen LogP contribution is -2.36. The van der Waals surface area contributed by atoms with Crippen molar-refractivity contribution in [3.63, 3.8) is 0 Å². The first-order valence-corrected chi connectivity index (χ1v) is 9.21. The summed E-state index contributed by atoms with van der Waals surface area (Å²) < 4.78 is 0. The molecule has 0 bridgehead atoms. The van der Waals surface area contributed by atoms with Gasteiger partial charge in [-0.05, 0) is 37.4 Å². The van der Waals surface area contributed by atoms with Crippen molar-refractivity contribution in [1.29, 1.82) is 0 Å². The first-order chi connectivity index (χ1) is 10.3. The van der Waals surface area contributed by atoms with Crippen LogP contribution >= 0.6 is 22.7 Å². The van der Waals surface area contributed by atoms with Gasteiger partial charge in [-0.1, -0.05) is 0 Å². The number of aromatic nitrogens is 1. The molecular weight excluding hydrogens is 302 g/mol. The number of thiazole rings is 1. The number of rotatable bonds is 7. The van der Waals surface area contributed by atoms with Crippen molar-refractivity contribution in [2.75, 3.05) is 26.2 Å². The molecule has 0 saturated carbocycles. The smallest absolute Gasteiger partial charge is 0.124 e. The number of thiophene rings is 1. The molecule has 0 radical (unpaired) electrons. The quantitative estimate of drug-likeness (QED) is 0.821. The fraction of sp³-hybridized carbons (Fsp3) is 0.533. The Morgan fingerprint density at radius 3 is 2.95 bits per heavy atom. The number of nitrogens with zero attached hydrogens (tertiary/aromatic N) is 2. The van der Waals surface area contributed by atoms with Gasteiger partial charge < -0.3 is 15.3 Å². The van der Waals surface area contributed by atoms with Gasteiger partial charge in [0.05, 0.1) is 11.8 Å². The SMILES string of the molecule is OC(CNCc1csc(-c2ccsc2)n1)CN1CCCC1. The Morgan fingerprint density at radius 1 is 1.33 bits per heavy atom. The lowest BCUT2D eigenvalue weighted by Gasteiger charge is -2.19. The van der Waals surface area contributed by atoms with Gasteiger partial charge in [-0.3, -0.25) is 0 Å². The third kappa shape index (κ3) is 4.34. The highest BCUT2D eigenvalue weighted by atomic mass is 32.1. The second-order valence-corrected chi connectivity index (χ2v) is 7.09. The molecule has 21 heavy (non-hydrogen) atoms. The normalized spacial score (nSPS) is 17.4. The van der Waals surface area contributed by atoms with E-state index in [1.54, 1.807) is 22.7 Å². The van der Waals surface area contributed by atoms with Crippen LogP contribution in [0.4, 0.5) is 0 Å². The Bertz CT molecular complexity index is 535. The number of β-amino-alcohol motifs (C(OH)–C–C–N with tert-alkyl or cyclic N) is 1. The van der Waals surface area contributed by atoms with Crippen molar-refractivity contribution in [3.05, 3.63) is 27.9 Å². The van der Waals surface area contributed by atoms with Crippen LogP contribution in [0.25, 0.3) is 10.6 Å². The van der Waals surface area contributed by atoms with Gasteiger partial charge in [0.15, 0.2) is 0 Å². The summed E-state index contributed by atoms with van der Waals surface area (Å²) in [5.41, 5.74) is 2.25. The maximum atomic E-state index is 10.0. The summed E-state index contributed by atoms with van der Waals surface area (Å²) in [6.07, 6.45) is 2.24. The van der Waals surface area contributed by atoms with E-state index in [2.05, 4.69) is 37.4 Å². The molecule has 1 fully saturated rings. The van der Waals surface area contributed by atoms with Crippen LogP contribution in [0.1, 0.15) is 18.5 Å². The second kappa shape index (κ2) is 7.47. The van der Waals surface area contributed by atoms with Crippen molar-refractivity contribution >= 4 is 22.7 Å². The van der Waals surface area contributed by atoms with E-state index in [9.17, 15) is 5.11 Å². The lowest BCUT2D eigenvalue weighted by molar-refractivity contribution is 0.123. The molecule has 3 heterocycles. The van der Waals surface area contributed by atoms with E-state index in [1.807, 2.05) is 0 Å². The number of likely N-dealkylation sites (tertiary alicyclic amines) is 1. The van der Waals surface area contributed by atoms with Crippen LogP contribution < -0.4 is 5.32 Å². The Morgan fingerprint density at radius 2 is 2.19 bits per heavy atom. The molecule has 1 aliphatic rings. The van der Waals surface area contributed by atoms with Gasteiger partial charge in [-0.2, -0.15) is 11.3 Å². The maximum Gasteiger partial charge on any atom is 0.124 e. The molecule has 2 aromatic rings. The number of aliphatic hydroxyl groups is 1. The fourth-order valence-electron chi connectivity index (χ4n) is 2.60. The number of aliphatic hydroxyl groups excluding tert-OH is 1. The van der Waals surface area contributed by atoms with E-state index >= 15 is 0 Å². The van der Waals surface area contributed by atoms with Crippen LogP contribution in [0, 0.1) is 0 Å². The van der Waals surface area contributed by atoms with Crippen LogP contribution in [0.3, 0.4) is 0 Å². The number of nitrogens with one attached hydrogen (secondary N) is 1. The molecule has 0 aliphatic carbocycles. The van der Waals surface area contributed by atoms with Gasteiger partial charge >= 0.3 is 0 Å². The summed E-state index contributed by atoms with van der Waals surface area (Å²) in [6.45, 7) is 4.39. The molecule has 0 amide bonds. The minimum absolute atomic E-state index is 0.293. The molecule has 2 N–H and O–H groups in total. The Kier molecular flexibility index (Phi) is 5.38. The number of hydrogen-bond donors (Lipinski definition) is 2. The molecule has 1 saturated heterocycles. The molecule has 114 valence electrons. The highest BCUT2D eigenvalue weighted by Gasteiger charge is 2.15. The highest BCUT2D eigenvalue weighted by molar-refractivity contribution is 7.14. The first-order valence-electron chi connectivity index (χ1n) is 7.39. The average molecular weight is 323 g/mol. The minimum Gasteiger partial charge on any atom is -0.390 e. The highest BCUT2D eigenvalue weighted by Crippen LogP contribution is 2.25. The summed E-state index contributed by atoms with van der Waals surface area (Å²) in [4.78, 5) is 6.96. The summed E-state index contributed by atoms with van der Waals surface area (Å²) in [5, 5.41) is 20.7. The second-order valence-electron chi connectivity index (χ2n) is 5.45. The van der Waals surface area contributed by atoms with Gasteiger partial charge in [0, 0.05) is 36.0 Å². The van der Waals surface area contributed by atoms with E-state index in [0.29, 0.717) is 6.54 Å². The molecule has 1 aliphatic heterocycles. The molecule has 0 spiro atoms. The van der Waals surface area contributed by atoms with Crippen molar-refractivity contribution in [1.82, 2.24) is 15.2 Å². The molecule has 1 atom stereocenters. The van der Waals surface area contributed by atoms with E-state index in [1.165, 1.54) is 18.4 Å². The van der Waals surface area contributed by atoms with Gasteiger partial charge in [-0.15, -0.1) is 11.3 Å². The predicted octanol–water partition coefficient (Wildman–Crippen LogP) is 2.42.